The number of carbonyl (C=O) groups is 2. The van der Waals surface area contributed by atoms with Gasteiger partial charge in [0.15, 0.2) is 0 Å². The van der Waals surface area contributed by atoms with E-state index in [-0.39, 0.29) is 36.0 Å². The summed E-state index contributed by atoms with van der Waals surface area (Å²) < 4.78 is 10.2. The van der Waals surface area contributed by atoms with Gasteiger partial charge in [0.25, 0.3) is 0 Å². The number of rotatable bonds is 5. The maximum Gasteiger partial charge on any atom is 0.338 e. The molecule has 0 bridgehead atoms. The fraction of sp³-hybridized carbons (Fsp3) is 0.294. The van der Waals surface area contributed by atoms with Crippen molar-refractivity contribution in [2.75, 3.05) is 13.2 Å². The molecule has 7 heteroatoms. The number of nitrogens with one attached hydrogen (secondary N) is 1. The Morgan fingerprint density at radius 2 is 1.42 bits per heavy atom. The standard InChI is InChI=1S/C17H21N3O4/c1-3-23-16(21)12-11(10-8-6-5-7-9-10)13(17(22)24-4-2)15(19)20-14(12)18/h5-9,11,20H,3-4,18-19H2,1-2H3. The lowest BCUT2D eigenvalue weighted by Gasteiger charge is -2.29. The second-order valence-electron chi connectivity index (χ2n) is 5.06. The van der Waals surface area contributed by atoms with Crippen LogP contribution in [0.2, 0.25) is 0 Å². The van der Waals surface area contributed by atoms with Crippen LogP contribution in [-0.4, -0.2) is 25.2 Å². The number of hydrogen-bond donors (Lipinski definition) is 3. The quantitative estimate of drug-likeness (QED) is 0.684. The van der Waals surface area contributed by atoms with Crippen molar-refractivity contribution < 1.29 is 19.1 Å². The molecule has 1 aromatic carbocycles. The van der Waals surface area contributed by atoms with Crippen LogP contribution in [-0.2, 0) is 19.1 Å². The maximum absolute atomic E-state index is 12.4. The van der Waals surface area contributed by atoms with Gasteiger partial charge in [-0.2, -0.15) is 0 Å². The van der Waals surface area contributed by atoms with Gasteiger partial charge >= 0.3 is 11.9 Å². The van der Waals surface area contributed by atoms with E-state index in [2.05, 4.69) is 5.32 Å². The zero-order valence-electron chi connectivity index (χ0n) is 13.7. The average molecular weight is 331 g/mol. The number of hydrogen-bond acceptors (Lipinski definition) is 7. The molecule has 0 unspecified atom stereocenters. The molecule has 0 radical (unpaired) electrons. The van der Waals surface area contributed by atoms with Gasteiger partial charge in [-0.1, -0.05) is 30.3 Å². The van der Waals surface area contributed by atoms with Gasteiger partial charge in [0.05, 0.1) is 30.3 Å². The molecule has 2 rings (SSSR count). The van der Waals surface area contributed by atoms with Gasteiger partial charge in [0, 0.05) is 0 Å². The van der Waals surface area contributed by atoms with Crippen LogP contribution in [0.25, 0.3) is 0 Å². The highest BCUT2D eigenvalue weighted by Crippen LogP contribution is 2.37. The minimum atomic E-state index is -0.759. The van der Waals surface area contributed by atoms with E-state index in [1.54, 1.807) is 38.1 Å². The highest BCUT2D eigenvalue weighted by atomic mass is 16.5. The molecule has 0 amide bonds. The summed E-state index contributed by atoms with van der Waals surface area (Å²) in [6, 6.07) is 9.01. The molecule has 1 aliphatic heterocycles. The lowest BCUT2D eigenvalue weighted by molar-refractivity contribution is -0.139. The molecule has 1 aliphatic rings. The van der Waals surface area contributed by atoms with Crippen molar-refractivity contribution >= 4 is 11.9 Å². The molecule has 0 atom stereocenters. The van der Waals surface area contributed by atoms with Crippen LogP contribution in [0.5, 0.6) is 0 Å². The van der Waals surface area contributed by atoms with Crippen LogP contribution in [0.15, 0.2) is 53.1 Å². The number of ether oxygens (including phenoxy) is 2. The van der Waals surface area contributed by atoms with Crippen LogP contribution in [0.3, 0.4) is 0 Å². The normalized spacial score (nSPS) is 15.1. The van der Waals surface area contributed by atoms with E-state index in [1.807, 2.05) is 6.07 Å². The fourth-order valence-electron chi connectivity index (χ4n) is 2.59. The lowest BCUT2D eigenvalue weighted by Crippen LogP contribution is -2.39. The molecular weight excluding hydrogens is 310 g/mol. The van der Waals surface area contributed by atoms with E-state index < -0.39 is 17.9 Å². The number of nitrogens with two attached hydrogens (primary N) is 2. The van der Waals surface area contributed by atoms with Crippen molar-refractivity contribution in [2.45, 2.75) is 19.8 Å². The van der Waals surface area contributed by atoms with Gasteiger partial charge in [-0.05, 0) is 19.4 Å². The molecular formula is C17H21N3O4. The summed E-state index contributed by atoms with van der Waals surface area (Å²) in [7, 11) is 0. The summed E-state index contributed by atoms with van der Waals surface area (Å²) in [4.78, 5) is 24.8. The predicted octanol–water partition coefficient (Wildman–Crippen LogP) is 0.840. The van der Waals surface area contributed by atoms with Crippen molar-refractivity contribution in [3.63, 3.8) is 0 Å². The first kappa shape index (κ1) is 17.4. The van der Waals surface area contributed by atoms with E-state index in [4.69, 9.17) is 20.9 Å². The van der Waals surface area contributed by atoms with Crippen LogP contribution >= 0.6 is 0 Å². The van der Waals surface area contributed by atoms with Crippen molar-refractivity contribution in [1.29, 1.82) is 0 Å². The van der Waals surface area contributed by atoms with Crippen molar-refractivity contribution in [3.8, 4) is 0 Å². The fourth-order valence-corrected chi connectivity index (χ4v) is 2.59. The topological polar surface area (TPSA) is 117 Å². The summed E-state index contributed by atoms with van der Waals surface area (Å²) in [5.74, 6) is -1.84. The Morgan fingerprint density at radius 3 is 1.83 bits per heavy atom. The maximum atomic E-state index is 12.4. The van der Waals surface area contributed by atoms with E-state index in [1.165, 1.54) is 0 Å². The van der Waals surface area contributed by atoms with E-state index in [0.29, 0.717) is 5.56 Å². The third-order valence-electron chi connectivity index (χ3n) is 3.55. The zero-order valence-corrected chi connectivity index (χ0v) is 13.7. The predicted molar refractivity (Wildman–Crippen MR) is 88.0 cm³/mol. The average Bonchev–Trinajstić information content (AvgIpc) is 2.55. The molecule has 24 heavy (non-hydrogen) atoms. The Morgan fingerprint density at radius 1 is 0.958 bits per heavy atom. The third kappa shape index (κ3) is 3.34. The first-order chi connectivity index (χ1) is 11.5. The van der Waals surface area contributed by atoms with Gasteiger partial charge in [-0.15, -0.1) is 0 Å². The first-order valence-electron chi connectivity index (χ1n) is 7.66. The van der Waals surface area contributed by atoms with E-state index in [9.17, 15) is 9.59 Å². The largest absolute Gasteiger partial charge is 0.463 e. The van der Waals surface area contributed by atoms with Gasteiger partial charge in [-0.25, -0.2) is 9.59 Å². The Bertz CT molecular complexity index is 655. The summed E-state index contributed by atoms with van der Waals surface area (Å²) in [6.07, 6.45) is 0. The molecule has 0 aromatic heterocycles. The highest BCUT2D eigenvalue weighted by molar-refractivity contribution is 5.99. The Kier molecular flexibility index (Phi) is 5.47. The molecule has 1 aromatic rings. The van der Waals surface area contributed by atoms with Crippen LogP contribution in [0.4, 0.5) is 0 Å². The minimum Gasteiger partial charge on any atom is -0.463 e. The summed E-state index contributed by atoms with van der Waals surface area (Å²) in [5.41, 5.74) is 12.9. The summed E-state index contributed by atoms with van der Waals surface area (Å²) in [6.45, 7) is 3.76. The first-order valence-corrected chi connectivity index (χ1v) is 7.66. The Hall–Kier alpha value is -2.96. The summed E-state index contributed by atoms with van der Waals surface area (Å²) >= 11 is 0. The van der Waals surface area contributed by atoms with Crippen molar-refractivity contribution in [2.24, 2.45) is 11.5 Å². The van der Waals surface area contributed by atoms with E-state index in [0.717, 1.165) is 0 Å². The Balaban J connectivity index is 2.59. The second kappa shape index (κ2) is 7.54. The summed E-state index contributed by atoms with van der Waals surface area (Å²) in [5, 5.41) is 2.67. The highest BCUT2D eigenvalue weighted by Gasteiger charge is 2.38. The number of dihydropyridines is 1. The Labute approximate surface area is 140 Å². The number of carbonyl (C=O) groups excluding carboxylic acids is 2. The molecule has 128 valence electrons. The molecule has 0 aliphatic carbocycles. The van der Waals surface area contributed by atoms with Gasteiger partial charge in [-0.3, -0.25) is 0 Å². The van der Waals surface area contributed by atoms with Gasteiger partial charge in [0.1, 0.15) is 11.6 Å². The monoisotopic (exact) mass is 331 g/mol. The zero-order chi connectivity index (χ0) is 17.7. The molecule has 0 fully saturated rings. The second-order valence-corrected chi connectivity index (χ2v) is 5.06. The number of benzene rings is 1. The molecule has 0 saturated heterocycles. The van der Waals surface area contributed by atoms with Crippen molar-refractivity contribution in [1.82, 2.24) is 5.32 Å². The lowest BCUT2D eigenvalue weighted by atomic mass is 9.82. The van der Waals surface area contributed by atoms with Crippen molar-refractivity contribution in [3.05, 3.63) is 58.7 Å². The SMILES string of the molecule is CCOC(=O)C1=C(N)NC(N)=C(C(=O)OCC)C1c1ccccc1. The molecule has 1 heterocycles. The van der Waals surface area contributed by atoms with Crippen LogP contribution in [0.1, 0.15) is 25.3 Å². The molecule has 7 nitrogen and oxygen atoms in total. The molecule has 0 spiro atoms. The molecule has 5 N–H and O–H groups in total. The third-order valence-corrected chi connectivity index (χ3v) is 3.55. The van der Waals surface area contributed by atoms with Crippen LogP contribution < -0.4 is 16.8 Å². The smallest absolute Gasteiger partial charge is 0.338 e. The molecule has 0 saturated carbocycles. The van der Waals surface area contributed by atoms with Crippen LogP contribution in [0, 0.1) is 0 Å². The van der Waals surface area contributed by atoms with E-state index >= 15 is 0 Å². The number of esters is 2. The minimum absolute atomic E-state index is 0.0628. The van der Waals surface area contributed by atoms with Gasteiger partial charge < -0.3 is 26.3 Å². The van der Waals surface area contributed by atoms with Gasteiger partial charge in [0.2, 0.25) is 0 Å².